The van der Waals surface area contributed by atoms with Gasteiger partial charge >= 0.3 is 0 Å². The van der Waals surface area contributed by atoms with Crippen LogP contribution in [0.15, 0.2) is 47.5 Å². The average Bonchev–Trinajstić information content (AvgIpc) is 3.00. The lowest BCUT2D eigenvalue weighted by Crippen LogP contribution is -2.41. The van der Waals surface area contributed by atoms with Crippen LogP contribution in [-0.2, 0) is 4.79 Å². The van der Waals surface area contributed by atoms with Gasteiger partial charge in [-0.3, -0.25) is 9.79 Å². The van der Waals surface area contributed by atoms with E-state index in [0.29, 0.717) is 13.0 Å². The number of rotatable bonds is 4. The number of anilines is 1. The number of nitrogens with one attached hydrogen (secondary N) is 2. The maximum absolute atomic E-state index is 12.1. The van der Waals surface area contributed by atoms with Crippen molar-refractivity contribution in [1.82, 2.24) is 5.32 Å². The summed E-state index contributed by atoms with van der Waals surface area (Å²) in [4.78, 5) is 16.2. The van der Waals surface area contributed by atoms with E-state index in [9.17, 15) is 4.79 Å². The summed E-state index contributed by atoms with van der Waals surface area (Å²) in [6.07, 6.45) is 2.23. The largest absolute Gasteiger partial charge is 0.372 e. The molecule has 1 amide bonds. The van der Waals surface area contributed by atoms with Crippen molar-refractivity contribution in [3.63, 3.8) is 0 Å². The number of nitrogens with two attached hydrogens (primary N) is 1. The topological polar surface area (TPSA) is 79.5 Å². The Balaban J connectivity index is 1.64. The Morgan fingerprint density at radius 1 is 1.33 bits per heavy atom. The van der Waals surface area contributed by atoms with E-state index >= 15 is 0 Å². The first-order valence-electron chi connectivity index (χ1n) is 7.02. The van der Waals surface area contributed by atoms with Crippen LogP contribution >= 0.6 is 0 Å². The zero-order valence-electron chi connectivity index (χ0n) is 11.6. The van der Waals surface area contributed by atoms with Crippen molar-refractivity contribution in [2.24, 2.45) is 10.7 Å². The van der Waals surface area contributed by atoms with E-state index in [4.69, 9.17) is 5.73 Å². The smallest absolute Gasteiger partial charge is 0.241 e. The van der Waals surface area contributed by atoms with Gasteiger partial charge in [0.1, 0.15) is 0 Å². The van der Waals surface area contributed by atoms with Gasteiger partial charge in [0.2, 0.25) is 5.91 Å². The Morgan fingerprint density at radius 3 is 2.90 bits per heavy atom. The first-order chi connectivity index (χ1) is 10.2. The third-order valence-corrected chi connectivity index (χ3v) is 3.62. The molecule has 0 saturated heterocycles. The fraction of sp³-hybridized carbons (Fsp3) is 0.250. The van der Waals surface area contributed by atoms with Gasteiger partial charge in [-0.15, -0.1) is 0 Å². The molecule has 4 N–H and O–H groups in total. The van der Waals surface area contributed by atoms with Crippen molar-refractivity contribution < 1.29 is 4.79 Å². The Hall–Kier alpha value is -2.40. The lowest BCUT2D eigenvalue weighted by molar-refractivity contribution is -0.117. The van der Waals surface area contributed by atoms with E-state index in [-0.39, 0.29) is 11.9 Å². The number of carbonyl (C=O) groups is 1. The highest BCUT2D eigenvalue weighted by Crippen LogP contribution is 2.19. The second kappa shape index (κ2) is 5.93. The summed E-state index contributed by atoms with van der Waals surface area (Å²) in [5.41, 5.74) is 6.72. The molecule has 108 valence electrons. The van der Waals surface area contributed by atoms with Crippen LogP contribution in [-0.4, -0.2) is 30.9 Å². The third-order valence-electron chi connectivity index (χ3n) is 3.62. The van der Waals surface area contributed by atoms with Crippen molar-refractivity contribution >= 4 is 28.7 Å². The predicted molar refractivity (Wildman–Crippen MR) is 85.5 cm³/mol. The average molecular weight is 282 g/mol. The van der Waals surface area contributed by atoms with Gasteiger partial charge in [0, 0.05) is 11.7 Å². The number of benzene rings is 2. The summed E-state index contributed by atoms with van der Waals surface area (Å²) in [6, 6.07) is 13.5. The molecule has 3 rings (SSSR count). The maximum atomic E-state index is 12.1. The quantitative estimate of drug-likeness (QED) is 0.795. The normalized spacial score (nSPS) is 18.4. The van der Waals surface area contributed by atoms with Crippen LogP contribution in [0.5, 0.6) is 0 Å². The Kier molecular flexibility index (Phi) is 3.83. The van der Waals surface area contributed by atoms with Crippen molar-refractivity contribution in [2.75, 3.05) is 11.9 Å². The number of hydrogen-bond donors (Lipinski definition) is 3. The van der Waals surface area contributed by atoms with Gasteiger partial charge in [0.25, 0.3) is 0 Å². The lowest BCUT2D eigenvalue weighted by Gasteiger charge is -2.16. The minimum absolute atomic E-state index is 0.155. The number of carbonyl (C=O) groups excluding carboxylic acids is 1. The van der Waals surface area contributed by atoms with E-state index in [1.807, 2.05) is 42.5 Å². The van der Waals surface area contributed by atoms with E-state index < -0.39 is 6.04 Å². The molecule has 2 aromatic carbocycles. The van der Waals surface area contributed by atoms with Crippen LogP contribution in [0.4, 0.5) is 5.69 Å². The molecule has 0 fully saturated rings. The molecule has 1 aliphatic heterocycles. The van der Waals surface area contributed by atoms with Gasteiger partial charge in [-0.2, -0.15) is 0 Å². The zero-order chi connectivity index (χ0) is 14.7. The van der Waals surface area contributed by atoms with E-state index in [0.717, 1.165) is 16.5 Å². The number of hydrogen-bond acceptors (Lipinski definition) is 4. The van der Waals surface area contributed by atoms with Crippen molar-refractivity contribution in [1.29, 1.82) is 0 Å². The molecule has 0 saturated carbocycles. The van der Waals surface area contributed by atoms with Gasteiger partial charge in [0.05, 0.1) is 18.9 Å². The number of fused-ring (bicyclic) bond motifs is 1. The zero-order valence-corrected chi connectivity index (χ0v) is 11.6. The molecule has 0 aromatic heterocycles. The van der Waals surface area contributed by atoms with Gasteiger partial charge in [-0.05, 0) is 29.3 Å². The van der Waals surface area contributed by atoms with Crippen LogP contribution in [0.2, 0.25) is 0 Å². The Morgan fingerprint density at radius 2 is 2.14 bits per heavy atom. The predicted octanol–water partition coefficient (Wildman–Crippen LogP) is 1.50. The maximum Gasteiger partial charge on any atom is 0.241 e. The molecule has 5 heteroatoms. The second-order valence-electron chi connectivity index (χ2n) is 5.25. The summed E-state index contributed by atoms with van der Waals surface area (Å²) < 4.78 is 0. The first-order valence-corrected chi connectivity index (χ1v) is 7.02. The molecule has 0 spiro atoms. The molecule has 0 aliphatic carbocycles. The van der Waals surface area contributed by atoms with Crippen molar-refractivity contribution in [3.8, 4) is 0 Å². The fourth-order valence-electron chi connectivity index (χ4n) is 2.45. The highest BCUT2D eigenvalue weighted by atomic mass is 16.2. The molecule has 2 atom stereocenters. The molecule has 2 aromatic rings. The van der Waals surface area contributed by atoms with E-state index in [2.05, 4.69) is 15.6 Å². The van der Waals surface area contributed by atoms with Gasteiger partial charge < -0.3 is 16.4 Å². The van der Waals surface area contributed by atoms with Crippen LogP contribution in [0, 0.1) is 0 Å². The molecule has 2 unspecified atom stereocenters. The van der Waals surface area contributed by atoms with Crippen LogP contribution in [0.25, 0.3) is 10.8 Å². The van der Waals surface area contributed by atoms with E-state index in [1.54, 1.807) is 6.34 Å². The second-order valence-corrected chi connectivity index (χ2v) is 5.25. The molecule has 1 aliphatic rings. The van der Waals surface area contributed by atoms with Gasteiger partial charge in [-0.1, -0.05) is 30.3 Å². The number of nitrogens with zero attached hydrogens (tertiary/aromatic N) is 1. The monoisotopic (exact) mass is 282 g/mol. The molecular formula is C16H18N4O. The number of amides is 1. The molecule has 1 heterocycles. The summed E-state index contributed by atoms with van der Waals surface area (Å²) in [5, 5.41) is 8.19. The standard InChI is InChI=1S/C16H18N4O/c17-15(8-14-9-18-10-19-14)16(21)20-13-6-5-11-3-1-2-4-12(11)7-13/h1-7,10,14-15H,8-9,17H2,(H,18,19)(H,20,21). The molecule has 0 radical (unpaired) electrons. The lowest BCUT2D eigenvalue weighted by atomic mass is 10.1. The van der Waals surface area contributed by atoms with Gasteiger partial charge in [-0.25, -0.2) is 0 Å². The summed E-state index contributed by atoms with van der Waals surface area (Å²) in [5.74, 6) is -0.168. The van der Waals surface area contributed by atoms with E-state index in [1.165, 1.54) is 0 Å². The van der Waals surface area contributed by atoms with Gasteiger partial charge in [0.15, 0.2) is 0 Å². The summed E-state index contributed by atoms with van der Waals surface area (Å²) in [7, 11) is 0. The third kappa shape index (κ3) is 3.20. The summed E-state index contributed by atoms with van der Waals surface area (Å²) >= 11 is 0. The Labute approximate surface area is 123 Å². The minimum Gasteiger partial charge on any atom is -0.372 e. The number of aliphatic imine (C=N–C) groups is 1. The Bertz CT molecular complexity index is 675. The highest BCUT2D eigenvalue weighted by molar-refractivity contribution is 5.97. The fourth-order valence-corrected chi connectivity index (χ4v) is 2.45. The van der Waals surface area contributed by atoms with Crippen molar-refractivity contribution in [2.45, 2.75) is 18.5 Å². The first kappa shape index (κ1) is 13.6. The minimum atomic E-state index is -0.546. The molecule has 0 bridgehead atoms. The molecule has 5 nitrogen and oxygen atoms in total. The van der Waals surface area contributed by atoms with Crippen LogP contribution in [0.3, 0.4) is 0 Å². The van der Waals surface area contributed by atoms with Crippen molar-refractivity contribution in [3.05, 3.63) is 42.5 Å². The van der Waals surface area contributed by atoms with Crippen LogP contribution < -0.4 is 16.4 Å². The SMILES string of the molecule is NC(CC1CN=CN1)C(=O)Nc1ccc2ccccc2c1. The molecule has 21 heavy (non-hydrogen) atoms. The van der Waals surface area contributed by atoms with Crippen LogP contribution in [0.1, 0.15) is 6.42 Å². The summed E-state index contributed by atoms with van der Waals surface area (Å²) in [6.45, 7) is 0.678. The highest BCUT2D eigenvalue weighted by Gasteiger charge is 2.20. The molecular weight excluding hydrogens is 264 g/mol.